The van der Waals surface area contributed by atoms with Crippen molar-refractivity contribution in [2.24, 2.45) is 0 Å². The molecule has 0 amide bonds. The first-order valence-electron chi connectivity index (χ1n) is 4.34. The van der Waals surface area contributed by atoms with E-state index >= 15 is 0 Å². The van der Waals surface area contributed by atoms with Crippen molar-refractivity contribution in [3.8, 4) is 0 Å². The number of nitrogens with zero attached hydrogens (tertiary/aromatic N) is 1. The lowest BCUT2D eigenvalue weighted by molar-refractivity contribution is -1.10. The normalized spacial score (nSPS) is 11.9. The number of rotatable bonds is 4. The summed E-state index contributed by atoms with van der Waals surface area (Å²) in [7, 11) is -3.60. The third-order valence-corrected chi connectivity index (χ3v) is 2.38. The van der Waals surface area contributed by atoms with Crippen LogP contribution in [0.2, 0.25) is 0 Å². The molecule has 0 aromatic carbocycles. The highest BCUT2D eigenvalue weighted by Gasteiger charge is 2.15. The van der Waals surface area contributed by atoms with Gasteiger partial charge in [0.1, 0.15) is 19.6 Å². The van der Waals surface area contributed by atoms with Crippen LogP contribution in [0.5, 0.6) is 0 Å². The highest BCUT2D eigenvalue weighted by molar-refractivity contribution is 7.80. The summed E-state index contributed by atoms with van der Waals surface area (Å²) in [6.07, 6.45) is 0. The average Bonchev–Trinajstić information content (AvgIpc) is 2.16. The van der Waals surface area contributed by atoms with Crippen molar-refractivity contribution in [2.45, 2.75) is 20.8 Å². The smallest absolute Gasteiger partial charge is 0.217 e. The van der Waals surface area contributed by atoms with Gasteiger partial charge in [0.15, 0.2) is 0 Å². The highest BCUT2D eigenvalue weighted by atomic mass is 32.3. The van der Waals surface area contributed by atoms with Crippen LogP contribution in [0.4, 0.5) is 0 Å². The van der Waals surface area contributed by atoms with Crippen LogP contribution >= 0.6 is 0 Å². The molecule has 0 aromatic rings. The van der Waals surface area contributed by atoms with Crippen LogP contribution in [0, 0.1) is 0 Å². The Bertz CT molecular complexity index is 214. The number of hydrogen-bond acceptors (Lipinski definition) is 5. The molecule has 0 aromatic heterocycles. The topological polar surface area (TPSA) is 86.7 Å². The molecule has 0 aliphatic carbocycles. The van der Waals surface area contributed by atoms with Gasteiger partial charge < -0.3 is 4.55 Å². The van der Waals surface area contributed by atoms with Gasteiger partial charge in [0.2, 0.25) is 10.4 Å². The summed E-state index contributed by atoms with van der Waals surface area (Å²) in [5.41, 5.74) is 0. The van der Waals surface area contributed by atoms with Gasteiger partial charge in [0.05, 0.1) is 7.11 Å². The minimum absolute atomic E-state index is 0.208. The molecule has 0 saturated heterocycles. The Morgan fingerprint density at radius 1 is 1.21 bits per heavy atom. The summed E-state index contributed by atoms with van der Waals surface area (Å²) in [5, 5.41) is 9.38. The molecule has 0 heterocycles. The fourth-order valence-corrected chi connectivity index (χ4v) is 0.671. The number of hydrogen-bond donors (Lipinski definition) is 1. The standard InChI is InChI=1S/C6H16NO.CH4O4S/c1-4-7(8,5-2)6-3;1-5-6(2,3)4/h8H,4-6H2,1-3H3;1H3,(H,2,3,4)/q+1;/p-1. The van der Waals surface area contributed by atoms with Gasteiger partial charge in [-0.25, -0.2) is 13.6 Å². The highest BCUT2D eigenvalue weighted by Crippen LogP contribution is 1.97. The summed E-state index contributed by atoms with van der Waals surface area (Å²) in [6, 6.07) is 0. The SMILES string of the molecule is CC[N+](O)(CC)CC.COS(=O)(=O)[O-]. The monoisotopic (exact) mass is 229 g/mol. The van der Waals surface area contributed by atoms with E-state index in [4.69, 9.17) is 0 Å². The van der Waals surface area contributed by atoms with E-state index < -0.39 is 10.4 Å². The van der Waals surface area contributed by atoms with Crippen molar-refractivity contribution < 1.29 is 27.0 Å². The molecule has 0 rings (SSSR count). The van der Waals surface area contributed by atoms with Gasteiger partial charge in [0, 0.05) is 0 Å². The molecule has 0 saturated carbocycles. The van der Waals surface area contributed by atoms with Gasteiger partial charge in [-0.2, -0.15) is 4.65 Å². The maximum atomic E-state index is 9.38. The molecule has 1 N–H and O–H groups in total. The molecule has 0 fully saturated rings. The lowest BCUT2D eigenvalue weighted by Crippen LogP contribution is -2.43. The maximum absolute atomic E-state index is 9.38. The zero-order valence-corrected chi connectivity index (χ0v) is 9.87. The molecule has 0 radical (unpaired) electrons. The molecule has 0 aliphatic heterocycles. The molecular formula is C7H19NO5S. The van der Waals surface area contributed by atoms with Crippen LogP contribution in [-0.4, -0.2) is 49.6 Å². The van der Waals surface area contributed by atoms with E-state index in [1.165, 1.54) is 0 Å². The van der Waals surface area contributed by atoms with Gasteiger partial charge >= 0.3 is 0 Å². The average molecular weight is 229 g/mol. The maximum Gasteiger partial charge on any atom is 0.217 e. The van der Waals surface area contributed by atoms with Crippen LogP contribution < -0.4 is 0 Å². The molecule has 6 nitrogen and oxygen atoms in total. The van der Waals surface area contributed by atoms with Crippen molar-refractivity contribution in [2.75, 3.05) is 26.7 Å². The van der Waals surface area contributed by atoms with Crippen LogP contribution in [0.1, 0.15) is 20.8 Å². The molecule has 0 unspecified atom stereocenters. The Morgan fingerprint density at radius 3 is 1.43 bits per heavy atom. The summed E-state index contributed by atoms with van der Waals surface area (Å²) in [4.78, 5) is 0. The Hall–Kier alpha value is -0.210. The van der Waals surface area contributed by atoms with Crippen LogP contribution in [0.15, 0.2) is 0 Å². The Morgan fingerprint density at radius 2 is 1.43 bits per heavy atom. The fourth-order valence-electron chi connectivity index (χ4n) is 0.671. The Kier molecular flexibility index (Phi) is 8.27. The molecule has 14 heavy (non-hydrogen) atoms. The summed E-state index contributed by atoms with van der Waals surface area (Å²) in [5.74, 6) is 0. The van der Waals surface area contributed by atoms with Gasteiger partial charge in [-0.05, 0) is 20.8 Å². The van der Waals surface area contributed by atoms with Crippen LogP contribution in [0.25, 0.3) is 0 Å². The lowest BCUT2D eigenvalue weighted by atomic mass is 10.5. The van der Waals surface area contributed by atoms with E-state index in [0.29, 0.717) is 0 Å². The minimum atomic E-state index is -4.41. The lowest BCUT2D eigenvalue weighted by Gasteiger charge is -2.25. The van der Waals surface area contributed by atoms with Gasteiger partial charge in [-0.15, -0.1) is 0 Å². The summed E-state index contributed by atoms with van der Waals surface area (Å²) >= 11 is 0. The minimum Gasteiger partial charge on any atom is -0.726 e. The van der Waals surface area contributed by atoms with Gasteiger partial charge in [0.25, 0.3) is 0 Å². The number of quaternary nitrogens is 1. The largest absolute Gasteiger partial charge is 0.726 e. The number of hydroxylamine groups is 3. The van der Waals surface area contributed by atoms with E-state index in [1.807, 2.05) is 20.8 Å². The third-order valence-electron chi connectivity index (χ3n) is 1.97. The molecule has 0 aliphatic rings. The van der Waals surface area contributed by atoms with E-state index in [9.17, 15) is 18.2 Å². The summed E-state index contributed by atoms with van der Waals surface area (Å²) < 4.78 is 31.2. The van der Waals surface area contributed by atoms with Crippen LogP contribution in [0.3, 0.4) is 0 Å². The first-order valence-corrected chi connectivity index (χ1v) is 5.68. The molecule has 0 bridgehead atoms. The van der Waals surface area contributed by atoms with E-state index in [0.717, 1.165) is 26.7 Å². The molecule has 7 heteroatoms. The van der Waals surface area contributed by atoms with E-state index in [1.54, 1.807) is 0 Å². The zero-order valence-electron chi connectivity index (χ0n) is 9.06. The second kappa shape index (κ2) is 7.13. The predicted molar refractivity (Wildman–Crippen MR) is 50.4 cm³/mol. The van der Waals surface area contributed by atoms with Crippen LogP contribution in [-0.2, 0) is 14.6 Å². The molecule has 0 spiro atoms. The van der Waals surface area contributed by atoms with Crippen molar-refractivity contribution in [1.29, 1.82) is 0 Å². The molecule has 0 atom stereocenters. The Balaban J connectivity index is 0. The van der Waals surface area contributed by atoms with Crippen molar-refractivity contribution in [3.05, 3.63) is 0 Å². The Labute approximate surface area is 85.6 Å². The molecular weight excluding hydrogens is 210 g/mol. The quantitative estimate of drug-likeness (QED) is 0.325. The fraction of sp³-hybridized carbons (Fsp3) is 1.00. The predicted octanol–water partition coefficient (Wildman–Crippen LogP) is 0.345. The van der Waals surface area contributed by atoms with E-state index in [2.05, 4.69) is 4.18 Å². The van der Waals surface area contributed by atoms with Gasteiger partial charge in [-0.3, -0.25) is 4.18 Å². The second-order valence-electron chi connectivity index (χ2n) is 2.62. The van der Waals surface area contributed by atoms with E-state index in [-0.39, 0.29) is 4.65 Å². The first kappa shape index (κ1) is 16.2. The second-order valence-corrected chi connectivity index (χ2v) is 3.77. The van der Waals surface area contributed by atoms with Crippen molar-refractivity contribution in [3.63, 3.8) is 0 Å². The zero-order chi connectivity index (χ0) is 11.8. The van der Waals surface area contributed by atoms with Crippen molar-refractivity contribution >= 4 is 10.4 Å². The first-order chi connectivity index (χ1) is 6.24. The molecule has 88 valence electrons. The summed E-state index contributed by atoms with van der Waals surface area (Å²) in [6.45, 7) is 8.42. The van der Waals surface area contributed by atoms with Gasteiger partial charge in [-0.1, -0.05) is 0 Å². The third kappa shape index (κ3) is 9.87. The van der Waals surface area contributed by atoms with Crippen molar-refractivity contribution in [1.82, 2.24) is 0 Å².